The molecule has 4 nitrogen and oxygen atoms in total. The zero-order chi connectivity index (χ0) is 40.0. The lowest BCUT2D eigenvalue weighted by atomic mass is 9.91. The Hall–Kier alpha value is -8.21. The lowest BCUT2D eigenvalue weighted by Crippen LogP contribution is -2.00. The monoisotopic (exact) mass is 774 g/mol. The molecule has 0 aliphatic heterocycles. The average Bonchev–Trinajstić information content (AvgIpc) is 3.65. The Kier molecular flexibility index (Phi) is 7.27. The molecule has 0 N–H and O–H groups in total. The molecule has 61 heavy (non-hydrogen) atoms. The van der Waals surface area contributed by atoms with Gasteiger partial charge in [-0.3, -0.25) is 0 Å². The van der Waals surface area contributed by atoms with Crippen molar-refractivity contribution in [3.63, 3.8) is 0 Å². The van der Waals surface area contributed by atoms with Crippen LogP contribution in [0.3, 0.4) is 0 Å². The molecular formula is C57H34N4. The van der Waals surface area contributed by atoms with Gasteiger partial charge in [-0.25, -0.2) is 15.0 Å². The molecular weight excluding hydrogens is 741 g/mol. The summed E-state index contributed by atoms with van der Waals surface area (Å²) in [4.78, 5) is 15.1. The highest BCUT2D eigenvalue weighted by atomic mass is 15.0. The minimum absolute atomic E-state index is 0.645. The van der Waals surface area contributed by atoms with Crippen LogP contribution in [0.4, 0.5) is 0 Å². The number of para-hydroxylation sites is 1. The first-order chi connectivity index (χ1) is 30.2. The van der Waals surface area contributed by atoms with E-state index < -0.39 is 0 Å². The number of hydrogen-bond acceptors (Lipinski definition) is 3. The second-order valence-electron chi connectivity index (χ2n) is 15.9. The molecule has 0 atom stereocenters. The molecule has 0 fully saturated rings. The third kappa shape index (κ3) is 5.16. The van der Waals surface area contributed by atoms with Crippen molar-refractivity contribution in [2.75, 3.05) is 0 Å². The maximum atomic E-state index is 5.10. The van der Waals surface area contributed by atoms with E-state index in [0.717, 1.165) is 27.8 Å². The topological polar surface area (TPSA) is 43.6 Å². The second-order valence-corrected chi connectivity index (χ2v) is 15.9. The summed E-state index contributed by atoms with van der Waals surface area (Å²) in [6.07, 6.45) is 0. The van der Waals surface area contributed by atoms with Gasteiger partial charge in [-0.15, -0.1) is 0 Å². The fraction of sp³-hybridized carbons (Fsp3) is 0. The summed E-state index contributed by atoms with van der Waals surface area (Å²) in [5, 5.41) is 17.3. The Morgan fingerprint density at radius 3 is 1.00 bits per heavy atom. The first kappa shape index (κ1) is 33.7. The fourth-order valence-corrected chi connectivity index (χ4v) is 9.79. The molecule has 13 aromatic rings. The number of fused-ring (bicyclic) bond motifs is 15. The Bertz CT molecular complexity index is 3850. The number of nitrogens with zero attached hydrogens (tertiary/aromatic N) is 4. The van der Waals surface area contributed by atoms with Gasteiger partial charge in [-0.05, 0) is 107 Å². The van der Waals surface area contributed by atoms with Gasteiger partial charge in [0, 0.05) is 33.2 Å². The summed E-state index contributed by atoms with van der Waals surface area (Å²) in [5.41, 5.74) is 6.37. The third-order valence-corrected chi connectivity index (χ3v) is 12.6. The van der Waals surface area contributed by atoms with Crippen LogP contribution in [-0.2, 0) is 0 Å². The van der Waals surface area contributed by atoms with Crippen LogP contribution in [0.15, 0.2) is 206 Å². The molecule has 0 bridgehead atoms. The van der Waals surface area contributed by atoms with Gasteiger partial charge in [-0.2, -0.15) is 0 Å². The molecule has 2 heterocycles. The normalized spacial score (nSPS) is 11.9. The highest BCUT2D eigenvalue weighted by Crippen LogP contribution is 2.44. The summed E-state index contributed by atoms with van der Waals surface area (Å²) >= 11 is 0. The molecule has 0 aliphatic carbocycles. The maximum absolute atomic E-state index is 5.10. The Morgan fingerprint density at radius 1 is 0.230 bits per heavy atom. The lowest BCUT2D eigenvalue weighted by Gasteiger charge is -2.14. The van der Waals surface area contributed by atoms with Crippen LogP contribution in [-0.4, -0.2) is 19.5 Å². The predicted octanol–water partition coefficient (Wildman–Crippen LogP) is 14.9. The van der Waals surface area contributed by atoms with E-state index in [-0.39, 0.29) is 0 Å². The van der Waals surface area contributed by atoms with Crippen molar-refractivity contribution in [3.8, 4) is 39.9 Å². The van der Waals surface area contributed by atoms with Crippen LogP contribution in [0.5, 0.6) is 0 Å². The summed E-state index contributed by atoms with van der Waals surface area (Å²) in [6, 6.07) is 74.1. The minimum atomic E-state index is 0.645. The minimum Gasteiger partial charge on any atom is -0.309 e. The van der Waals surface area contributed by atoms with Gasteiger partial charge in [-0.1, -0.05) is 164 Å². The van der Waals surface area contributed by atoms with Crippen molar-refractivity contribution < 1.29 is 0 Å². The van der Waals surface area contributed by atoms with Crippen LogP contribution >= 0.6 is 0 Å². The van der Waals surface area contributed by atoms with Crippen molar-refractivity contribution in [1.29, 1.82) is 0 Å². The molecule has 11 aromatic carbocycles. The van der Waals surface area contributed by atoms with Crippen molar-refractivity contribution in [2.45, 2.75) is 0 Å². The van der Waals surface area contributed by atoms with Crippen molar-refractivity contribution >= 4 is 86.4 Å². The molecule has 0 unspecified atom stereocenters. The van der Waals surface area contributed by atoms with Crippen LogP contribution in [0, 0.1) is 0 Å². The number of hydrogen-bond donors (Lipinski definition) is 0. The number of benzene rings is 11. The van der Waals surface area contributed by atoms with E-state index in [0.29, 0.717) is 17.5 Å². The SMILES string of the molecule is c1ccc(-c2nc(-c3ccccc3)nc(-c3ccc4c(c3)c3ccccc3c3cc5c(cc43)c3cc4c6ccccc6c6ccccc6c4cc3n5-c3ccccc3)n2)cc1. The zero-order valence-electron chi connectivity index (χ0n) is 32.9. The van der Waals surface area contributed by atoms with Crippen molar-refractivity contribution in [2.24, 2.45) is 0 Å². The maximum Gasteiger partial charge on any atom is 0.164 e. The van der Waals surface area contributed by atoms with Crippen LogP contribution in [0.2, 0.25) is 0 Å². The predicted molar refractivity (Wildman–Crippen MR) is 256 cm³/mol. The second kappa shape index (κ2) is 13.2. The van der Waals surface area contributed by atoms with E-state index in [9.17, 15) is 0 Å². The molecule has 282 valence electrons. The van der Waals surface area contributed by atoms with E-state index in [4.69, 9.17) is 15.0 Å². The summed E-state index contributed by atoms with van der Waals surface area (Å²) < 4.78 is 2.46. The summed E-state index contributed by atoms with van der Waals surface area (Å²) in [7, 11) is 0. The molecule has 0 saturated carbocycles. The molecule has 0 aliphatic rings. The van der Waals surface area contributed by atoms with Crippen LogP contribution < -0.4 is 0 Å². The van der Waals surface area contributed by atoms with E-state index in [1.165, 1.54) is 81.1 Å². The highest BCUT2D eigenvalue weighted by molar-refractivity contribution is 6.32. The van der Waals surface area contributed by atoms with Gasteiger partial charge in [0.05, 0.1) is 11.0 Å². The van der Waals surface area contributed by atoms with Gasteiger partial charge in [0.25, 0.3) is 0 Å². The van der Waals surface area contributed by atoms with Crippen molar-refractivity contribution in [1.82, 2.24) is 19.5 Å². The number of rotatable bonds is 4. The molecule has 13 rings (SSSR count). The van der Waals surface area contributed by atoms with Crippen LogP contribution in [0.1, 0.15) is 0 Å². The largest absolute Gasteiger partial charge is 0.309 e. The average molecular weight is 775 g/mol. The molecule has 0 radical (unpaired) electrons. The first-order valence-corrected chi connectivity index (χ1v) is 20.8. The van der Waals surface area contributed by atoms with Crippen LogP contribution in [0.25, 0.3) is 126 Å². The standard InChI is InChI=1S/C57H34N4/c1-4-16-35(17-5-1)55-58-56(36-18-6-2-7-19-36)60-57(59-55)37-28-29-45-46(30-37)43-26-14-15-27-44(43)50-34-54-52(32-48(45)50)51-31-47-41-24-12-10-22-39(41)40-23-11-13-25-42(40)49(47)33-53(51)61(54)38-20-8-3-9-21-38/h1-34H. The van der Waals surface area contributed by atoms with Gasteiger partial charge in [0.1, 0.15) is 0 Å². The van der Waals surface area contributed by atoms with Gasteiger partial charge >= 0.3 is 0 Å². The quantitative estimate of drug-likeness (QED) is 0.167. The van der Waals surface area contributed by atoms with Gasteiger partial charge < -0.3 is 4.57 Å². The molecule has 4 heteroatoms. The fourth-order valence-electron chi connectivity index (χ4n) is 9.79. The van der Waals surface area contributed by atoms with E-state index in [1.807, 2.05) is 36.4 Å². The molecule has 0 amide bonds. The van der Waals surface area contributed by atoms with E-state index in [1.54, 1.807) is 0 Å². The summed E-state index contributed by atoms with van der Waals surface area (Å²) in [5.74, 6) is 1.95. The summed E-state index contributed by atoms with van der Waals surface area (Å²) in [6.45, 7) is 0. The molecule has 0 saturated heterocycles. The van der Waals surface area contributed by atoms with Crippen molar-refractivity contribution in [3.05, 3.63) is 206 Å². The van der Waals surface area contributed by atoms with E-state index in [2.05, 4.69) is 174 Å². The number of aromatic nitrogens is 4. The third-order valence-electron chi connectivity index (χ3n) is 12.6. The smallest absolute Gasteiger partial charge is 0.164 e. The Balaban J connectivity index is 1.12. The highest BCUT2D eigenvalue weighted by Gasteiger charge is 2.20. The Labute approximate surface area is 350 Å². The molecule has 0 spiro atoms. The zero-order valence-corrected chi connectivity index (χ0v) is 32.9. The van der Waals surface area contributed by atoms with Gasteiger partial charge in [0.2, 0.25) is 0 Å². The molecule has 2 aromatic heterocycles. The van der Waals surface area contributed by atoms with Gasteiger partial charge in [0.15, 0.2) is 17.5 Å². The van der Waals surface area contributed by atoms with E-state index >= 15 is 0 Å². The lowest BCUT2D eigenvalue weighted by molar-refractivity contribution is 1.07. The Morgan fingerprint density at radius 2 is 0.557 bits per heavy atom. The first-order valence-electron chi connectivity index (χ1n) is 20.8.